The van der Waals surface area contributed by atoms with Gasteiger partial charge in [-0.05, 0) is 48.4 Å². The molecular formula is C22H22ClN3O2. The predicted molar refractivity (Wildman–Crippen MR) is 112 cm³/mol. The lowest BCUT2D eigenvalue weighted by molar-refractivity contribution is -0.121. The second kappa shape index (κ2) is 8.07. The molecule has 3 aromatic rings. The van der Waals surface area contributed by atoms with Gasteiger partial charge in [0.05, 0.1) is 19.0 Å². The monoisotopic (exact) mass is 395 g/mol. The van der Waals surface area contributed by atoms with Crippen LogP contribution in [-0.2, 0) is 11.2 Å². The van der Waals surface area contributed by atoms with E-state index < -0.39 is 0 Å². The molecule has 0 saturated carbocycles. The van der Waals surface area contributed by atoms with Crippen molar-refractivity contribution in [1.29, 1.82) is 0 Å². The number of halogens is 1. The third kappa shape index (κ3) is 4.04. The summed E-state index contributed by atoms with van der Waals surface area (Å²) in [6.45, 7) is 1.68. The van der Waals surface area contributed by atoms with Crippen molar-refractivity contribution < 1.29 is 9.53 Å². The highest BCUT2D eigenvalue weighted by atomic mass is 35.5. The number of methoxy groups -OCH3 is 1. The summed E-state index contributed by atoms with van der Waals surface area (Å²) in [5.41, 5.74) is 2.96. The number of carbonyl (C=O) groups excluding carboxylic acids is 1. The van der Waals surface area contributed by atoms with Crippen LogP contribution < -0.4 is 15.0 Å². The highest BCUT2D eigenvalue weighted by Gasteiger charge is 2.25. The van der Waals surface area contributed by atoms with E-state index >= 15 is 0 Å². The first-order valence-electron chi connectivity index (χ1n) is 9.34. The van der Waals surface area contributed by atoms with Gasteiger partial charge in [0.25, 0.3) is 0 Å². The van der Waals surface area contributed by atoms with Gasteiger partial charge in [-0.2, -0.15) is 0 Å². The summed E-state index contributed by atoms with van der Waals surface area (Å²) in [4.78, 5) is 19.2. The summed E-state index contributed by atoms with van der Waals surface area (Å²) in [7, 11) is 1.63. The molecule has 1 aliphatic heterocycles. The van der Waals surface area contributed by atoms with E-state index in [0.29, 0.717) is 11.4 Å². The number of benzene rings is 2. The van der Waals surface area contributed by atoms with Crippen molar-refractivity contribution in [3.63, 3.8) is 0 Å². The van der Waals surface area contributed by atoms with Crippen molar-refractivity contribution in [2.75, 3.05) is 25.1 Å². The number of hydrogen-bond donors (Lipinski definition) is 1. The number of pyridine rings is 1. The average molecular weight is 396 g/mol. The number of rotatable bonds is 5. The zero-order chi connectivity index (χ0) is 19.5. The van der Waals surface area contributed by atoms with Crippen LogP contribution in [0.2, 0.25) is 5.02 Å². The summed E-state index contributed by atoms with van der Waals surface area (Å²) in [5.74, 6) is 0.800. The Morgan fingerprint density at radius 2 is 2.18 bits per heavy atom. The number of aromatic nitrogens is 1. The van der Waals surface area contributed by atoms with Crippen LogP contribution in [0.25, 0.3) is 10.9 Å². The van der Waals surface area contributed by atoms with Crippen LogP contribution in [0.5, 0.6) is 5.75 Å². The standard InChI is InChI=1S/C22H22ClN3O2/c1-28-18-4-2-3-15(11-18)12-22(27)25-17-8-10-26(14-17)21-7-9-24-20-13-16(23)5-6-19(20)21/h2-7,9,11,13,17H,8,10,12,14H2,1H3,(H,25,27). The second-order valence-corrected chi connectivity index (χ2v) is 7.46. The molecule has 6 heteroatoms. The number of amides is 1. The van der Waals surface area contributed by atoms with Crippen LogP contribution in [0, 0.1) is 0 Å². The van der Waals surface area contributed by atoms with Crippen molar-refractivity contribution in [3.05, 3.63) is 65.3 Å². The van der Waals surface area contributed by atoms with E-state index in [0.717, 1.165) is 47.4 Å². The number of carbonyl (C=O) groups is 1. The van der Waals surface area contributed by atoms with Gasteiger partial charge < -0.3 is 15.0 Å². The Labute approximate surface area is 169 Å². The number of hydrogen-bond acceptors (Lipinski definition) is 4. The van der Waals surface area contributed by atoms with E-state index in [1.807, 2.05) is 54.7 Å². The van der Waals surface area contributed by atoms with E-state index in [-0.39, 0.29) is 11.9 Å². The Balaban J connectivity index is 1.41. The number of nitrogens with one attached hydrogen (secondary N) is 1. The maximum absolute atomic E-state index is 12.5. The lowest BCUT2D eigenvalue weighted by Gasteiger charge is -2.21. The number of ether oxygens (including phenoxy) is 1. The van der Waals surface area contributed by atoms with Crippen LogP contribution in [0.3, 0.4) is 0 Å². The first-order chi connectivity index (χ1) is 13.6. The molecule has 2 aromatic carbocycles. The van der Waals surface area contributed by atoms with E-state index in [2.05, 4.69) is 15.2 Å². The fourth-order valence-corrected chi connectivity index (χ4v) is 3.89. The lowest BCUT2D eigenvalue weighted by Crippen LogP contribution is -2.38. The molecule has 1 N–H and O–H groups in total. The molecule has 1 saturated heterocycles. The van der Waals surface area contributed by atoms with Gasteiger partial charge in [0, 0.05) is 41.4 Å². The Bertz CT molecular complexity index is 1010. The van der Waals surface area contributed by atoms with Crippen LogP contribution in [0.1, 0.15) is 12.0 Å². The molecule has 0 radical (unpaired) electrons. The summed E-state index contributed by atoms with van der Waals surface area (Å²) in [6.07, 6.45) is 3.08. The minimum atomic E-state index is 0.0338. The first kappa shape index (κ1) is 18.6. The average Bonchev–Trinajstić information content (AvgIpc) is 3.15. The molecule has 1 fully saturated rings. The molecule has 1 atom stereocenters. The molecule has 0 spiro atoms. The van der Waals surface area contributed by atoms with E-state index in [1.165, 1.54) is 0 Å². The van der Waals surface area contributed by atoms with Gasteiger partial charge in [-0.15, -0.1) is 0 Å². The molecule has 0 bridgehead atoms. The van der Waals surface area contributed by atoms with Crippen molar-refractivity contribution in [1.82, 2.24) is 10.3 Å². The second-order valence-electron chi connectivity index (χ2n) is 7.02. The van der Waals surface area contributed by atoms with Gasteiger partial charge in [-0.1, -0.05) is 23.7 Å². The van der Waals surface area contributed by atoms with Crippen LogP contribution in [0.15, 0.2) is 54.7 Å². The molecule has 2 heterocycles. The highest BCUT2D eigenvalue weighted by molar-refractivity contribution is 6.31. The normalized spacial score (nSPS) is 16.4. The Morgan fingerprint density at radius 3 is 3.04 bits per heavy atom. The summed E-state index contributed by atoms with van der Waals surface area (Å²) in [6, 6.07) is 15.6. The molecule has 1 aliphatic rings. The molecule has 1 aromatic heterocycles. The highest BCUT2D eigenvalue weighted by Crippen LogP contribution is 2.29. The van der Waals surface area contributed by atoms with Gasteiger partial charge in [0.15, 0.2) is 0 Å². The minimum Gasteiger partial charge on any atom is -0.497 e. The Hall–Kier alpha value is -2.79. The number of nitrogens with zero attached hydrogens (tertiary/aromatic N) is 2. The van der Waals surface area contributed by atoms with Crippen molar-refractivity contribution in [2.45, 2.75) is 18.9 Å². The maximum atomic E-state index is 12.5. The molecule has 1 unspecified atom stereocenters. The predicted octanol–water partition coefficient (Wildman–Crippen LogP) is 3.83. The van der Waals surface area contributed by atoms with Gasteiger partial charge in [0.1, 0.15) is 5.75 Å². The summed E-state index contributed by atoms with van der Waals surface area (Å²) in [5, 5.41) is 4.92. The number of anilines is 1. The van der Waals surface area contributed by atoms with E-state index in [9.17, 15) is 4.79 Å². The van der Waals surface area contributed by atoms with Crippen molar-refractivity contribution in [3.8, 4) is 5.75 Å². The van der Waals surface area contributed by atoms with Crippen LogP contribution >= 0.6 is 11.6 Å². The molecule has 5 nitrogen and oxygen atoms in total. The van der Waals surface area contributed by atoms with Crippen LogP contribution in [0.4, 0.5) is 5.69 Å². The van der Waals surface area contributed by atoms with Crippen LogP contribution in [-0.4, -0.2) is 37.1 Å². The first-order valence-corrected chi connectivity index (χ1v) is 9.71. The maximum Gasteiger partial charge on any atom is 0.224 e. The Kier molecular flexibility index (Phi) is 5.35. The SMILES string of the molecule is COc1cccc(CC(=O)NC2CCN(c3ccnc4cc(Cl)ccc34)C2)c1. The zero-order valence-electron chi connectivity index (χ0n) is 15.7. The fourth-order valence-electron chi connectivity index (χ4n) is 3.73. The Morgan fingerprint density at radius 1 is 1.29 bits per heavy atom. The largest absolute Gasteiger partial charge is 0.497 e. The van der Waals surface area contributed by atoms with E-state index in [4.69, 9.17) is 16.3 Å². The third-order valence-electron chi connectivity index (χ3n) is 5.07. The van der Waals surface area contributed by atoms with Gasteiger partial charge in [-0.25, -0.2) is 0 Å². The fraction of sp³-hybridized carbons (Fsp3) is 0.273. The number of fused-ring (bicyclic) bond motifs is 1. The van der Waals surface area contributed by atoms with E-state index in [1.54, 1.807) is 7.11 Å². The molecular weight excluding hydrogens is 374 g/mol. The topological polar surface area (TPSA) is 54.5 Å². The van der Waals surface area contributed by atoms with Gasteiger partial charge in [0.2, 0.25) is 5.91 Å². The molecule has 4 rings (SSSR count). The zero-order valence-corrected chi connectivity index (χ0v) is 16.4. The molecule has 1 amide bonds. The lowest BCUT2D eigenvalue weighted by atomic mass is 10.1. The third-order valence-corrected chi connectivity index (χ3v) is 5.31. The van der Waals surface area contributed by atoms with Gasteiger partial charge in [-0.3, -0.25) is 9.78 Å². The van der Waals surface area contributed by atoms with Crippen molar-refractivity contribution >= 4 is 34.1 Å². The molecule has 28 heavy (non-hydrogen) atoms. The summed E-state index contributed by atoms with van der Waals surface area (Å²) >= 11 is 6.09. The smallest absolute Gasteiger partial charge is 0.224 e. The molecule has 0 aliphatic carbocycles. The molecule has 144 valence electrons. The van der Waals surface area contributed by atoms with Crippen molar-refractivity contribution in [2.24, 2.45) is 0 Å². The van der Waals surface area contributed by atoms with Gasteiger partial charge >= 0.3 is 0 Å². The minimum absolute atomic E-state index is 0.0338. The summed E-state index contributed by atoms with van der Waals surface area (Å²) < 4.78 is 5.22. The quantitative estimate of drug-likeness (QED) is 0.713.